The average molecular weight is 324 g/mol. The van der Waals surface area contributed by atoms with Crippen LogP contribution in [0, 0.1) is 0 Å². The molecule has 0 aliphatic rings. The predicted molar refractivity (Wildman–Crippen MR) is 88.3 cm³/mol. The van der Waals surface area contributed by atoms with Gasteiger partial charge in [0.05, 0.1) is 5.39 Å². The van der Waals surface area contributed by atoms with Crippen molar-refractivity contribution in [2.75, 3.05) is 11.9 Å². The summed E-state index contributed by atoms with van der Waals surface area (Å²) in [5, 5.41) is 6.86. The lowest BCUT2D eigenvalue weighted by Crippen LogP contribution is -2.06. The van der Waals surface area contributed by atoms with Gasteiger partial charge in [0.25, 0.3) is 0 Å². The number of aromatic nitrogens is 2. The highest BCUT2D eigenvalue weighted by Gasteiger charge is 2.10. The maximum Gasteiger partial charge on any atom is 0.225 e. The monoisotopic (exact) mass is 323 g/mol. The molecule has 3 rings (SSSR count). The van der Waals surface area contributed by atoms with E-state index in [0.717, 1.165) is 35.4 Å². The summed E-state index contributed by atoms with van der Waals surface area (Å²) in [7, 11) is 0. The van der Waals surface area contributed by atoms with Gasteiger partial charge in [-0.15, -0.1) is 22.7 Å². The van der Waals surface area contributed by atoms with Crippen LogP contribution < -0.4 is 5.32 Å². The van der Waals surface area contributed by atoms with Crippen LogP contribution >= 0.6 is 34.3 Å². The molecule has 3 nitrogen and oxygen atoms in total. The quantitative estimate of drug-likeness (QED) is 0.696. The molecule has 0 radical (unpaired) electrons. The van der Waals surface area contributed by atoms with Crippen molar-refractivity contribution >= 4 is 50.3 Å². The van der Waals surface area contributed by atoms with Crippen molar-refractivity contribution in [3.63, 3.8) is 0 Å². The summed E-state index contributed by atoms with van der Waals surface area (Å²) < 4.78 is 0. The van der Waals surface area contributed by atoms with Crippen LogP contribution in [0.15, 0.2) is 23.6 Å². The zero-order chi connectivity index (χ0) is 13.9. The number of hydrogen-bond acceptors (Lipinski definition) is 5. The maximum absolute atomic E-state index is 6.00. The highest BCUT2D eigenvalue weighted by Crippen LogP contribution is 2.30. The average Bonchev–Trinajstić information content (AvgIpc) is 3.06. The molecule has 3 aromatic rings. The molecule has 0 aromatic carbocycles. The van der Waals surface area contributed by atoms with Gasteiger partial charge in [0.15, 0.2) is 0 Å². The van der Waals surface area contributed by atoms with Gasteiger partial charge in [0.2, 0.25) is 5.28 Å². The molecule has 0 spiro atoms. The molecule has 6 heteroatoms. The number of halogens is 1. The first-order valence-electron chi connectivity index (χ1n) is 6.48. The van der Waals surface area contributed by atoms with Crippen LogP contribution in [0.3, 0.4) is 0 Å². The van der Waals surface area contributed by atoms with Gasteiger partial charge in [0, 0.05) is 16.3 Å². The third-order valence-corrected chi connectivity index (χ3v) is 5.29. The van der Waals surface area contributed by atoms with Gasteiger partial charge in [-0.25, -0.2) is 9.97 Å². The molecule has 0 bridgehead atoms. The SMILES string of the molecule is CCc1cc2c(NCCc3cccs3)nc(Cl)nc2s1. The van der Waals surface area contributed by atoms with Crippen molar-refractivity contribution in [1.82, 2.24) is 9.97 Å². The topological polar surface area (TPSA) is 37.8 Å². The van der Waals surface area contributed by atoms with Crippen LogP contribution in [0.4, 0.5) is 5.82 Å². The van der Waals surface area contributed by atoms with Crippen LogP contribution in [0.1, 0.15) is 16.7 Å². The molecular formula is C14H14ClN3S2. The van der Waals surface area contributed by atoms with Gasteiger partial charge in [-0.05, 0) is 42.0 Å². The molecule has 0 amide bonds. The molecule has 0 aliphatic heterocycles. The molecule has 0 saturated carbocycles. The van der Waals surface area contributed by atoms with Crippen LogP contribution in [0.2, 0.25) is 5.28 Å². The summed E-state index contributed by atoms with van der Waals surface area (Å²) in [4.78, 5) is 12.3. The minimum Gasteiger partial charge on any atom is -0.369 e. The Bertz CT molecular complexity index is 707. The predicted octanol–water partition coefficient (Wildman–Crippen LogP) is 4.62. The van der Waals surface area contributed by atoms with Crippen molar-refractivity contribution in [3.05, 3.63) is 38.6 Å². The molecule has 3 aromatic heterocycles. The number of anilines is 1. The first-order chi connectivity index (χ1) is 9.76. The fraction of sp³-hybridized carbons (Fsp3) is 0.286. The molecule has 20 heavy (non-hydrogen) atoms. The second kappa shape index (κ2) is 6.08. The Morgan fingerprint density at radius 2 is 2.20 bits per heavy atom. The summed E-state index contributed by atoms with van der Waals surface area (Å²) in [5.74, 6) is 0.840. The van der Waals surface area contributed by atoms with E-state index in [1.54, 1.807) is 22.7 Å². The lowest BCUT2D eigenvalue weighted by Gasteiger charge is -2.06. The number of fused-ring (bicyclic) bond motifs is 1. The van der Waals surface area contributed by atoms with E-state index >= 15 is 0 Å². The number of aryl methyl sites for hydroxylation is 1. The van der Waals surface area contributed by atoms with Gasteiger partial charge in [-0.2, -0.15) is 0 Å². The van der Waals surface area contributed by atoms with Crippen LogP contribution in [-0.4, -0.2) is 16.5 Å². The Balaban J connectivity index is 1.80. The van der Waals surface area contributed by atoms with Crippen molar-refractivity contribution in [1.29, 1.82) is 0 Å². The normalized spacial score (nSPS) is 11.1. The van der Waals surface area contributed by atoms with Crippen molar-refractivity contribution in [2.45, 2.75) is 19.8 Å². The van der Waals surface area contributed by atoms with Crippen LogP contribution in [0.25, 0.3) is 10.2 Å². The highest BCUT2D eigenvalue weighted by molar-refractivity contribution is 7.18. The number of nitrogens with one attached hydrogen (secondary N) is 1. The van der Waals surface area contributed by atoms with Crippen molar-refractivity contribution in [3.8, 4) is 0 Å². The lowest BCUT2D eigenvalue weighted by atomic mass is 10.3. The smallest absolute Gasteiger partial charge is 0.225 e. The van der Waals surface area contributed by atoms with Gasteiger partial charge in [-0.3, -0.25) is 0 Å². The number of hydrogen-bond donors (Lipinski definition) is 1. The molecule has 0 saturated heterocycles. The molecule has 3 heterocycles. The van der Waals surface area contributed by atoms with Gasteiger partial charge in [-0.1, -0.05) is 13.0 Å². The fourth-order valence-electron chi connectivity index (χ4n) is 2.01. The summed E-state index contributed by atoms with van der Waals surface area (Å²) in [6.45, 7) is 2.99. The van der Waals surface area contributed by atoms with E-state index in [9.17, 15) is 0 Å². The van der Waals surface area contributed by atoms with Crippen molar-refractivity contribution in [2.24, 2.45) is 0 Å². The van der Waals surface area contributed by atoms with Gasteiger partial charge >= 0.3 is 0 Å². The molecule has 104 valence electrons. The number of thiophene rings is 2. The minimum atomic E-state index is 0.306. The molecule has 1 N–H and O–H groups in total. The van der Waals surface area contributed by atoms with Crippen LogP contribution in [0.5, 0.6) is 0 Å². The summed E-state index contributed by atoms with van der Waals surface area (Å²) >= 11 is 9.46. The molecule has 0 fully saturated rings. The van der Waals surface area contributed by atoms with E-state index in [-0.39, 0.29) is 0 Å². The molecule has 0 atom stereocenters. The molecule has 0 unspecified atom stereocenters. The van der Waals surface area contributed by atoms with E-state index < -0.39 is 0 Å². The first kappa shape index (κ1) is 13.8. The Labute approximate surface area is 130 Å². The van der Waals surface area contributed by atoms with E-state index in [4.69, 9.17) is 11.6 Å². The number of rotatable bonds is 5. The Hall–Kier alpha value is -1.17. The van der Waals surface area contributed by atoms with E-state index in [1.807, 2.05) is 0 Å². The molecule has 0 aliphatic carbocycles. The standard InChI is InChI=1S/C14H14ClN3S2/c1-2-9-8-11-12(17-14(15)18-13(11)20-9)16-6-5-10-4-3-7-19-10/h3-4,7-8H,2,5-6H2,1H3,(H,16,17,18). The maximum atomic E-state index is 6.00. The minimum absolute atomic E-state index is 0.306. The second-order valence-electron chi connectivity index (χ2n) is 4.38. The van der Waals surface area contributed by atoms with Crippen LogP contribution in [-0.2, 0) is 12.8 Å². The lowest BCUT2D eigenvalue weighted by molar-refractivity contribution is 1.03. The van der Waals surface area contributed by atoms with E-state index in [1.165, 1.54) is 9.75 Å². The zero-order valence-electron chi connectivity index (χ0n) is 11.0. The summed E-state index contributed by atoms with van der Waals surface area (Å²) in [5.41, 5.74) is 0. The highest BCUT2D eigenvalue weighted by atomic mass is 35.5. The van der Waals surface area contributed by atoms with Crippen molar-refractivity contribution < 1.29 is 0 Å². The Kier molecular flexibility index (Phi) is 4.19. The van der Waals surface area contributed by atoms with Gasteiger partial charge in [0.1, 0.15) is 10.6 Å². The summed E-state index contributed by atoms with van der Waals surface area (Å²) in [6.07, 6.45) is 2.00. The second-order valence-corrected chi connectivity index (χ2v) is 6.87. The first-order valence-corrected chi connectivity index (χ1v) is 8.56. The Morgan fingerprint density at radius 3 is 2.95 bits per heavy atom. The fourth-order valence-corrected chi connectivity index (χ4v) is 3.91. The Morgan fingerprint density at radius 1 is 1.30 bits per heavy atom. The zero-order valence-corrected chi connectivity index (χ0v) is 13.4. The van der Waals surface area contributed by atoms with Gasteiger partial charge < -0.3 is 5.32 Å². The number of nitrogens with zero attached hydrogens (tertiary/aromatic N) is 2. The largest absolute Gasteiger partial charge is 0.369 e. The van der Waals surface area contributed by atoms with E-state index in [0.29, 0.717) is 5.28 Å². The summed E-state index contributed by atoms with van der Waals surface area (Å²) in [6, 6.07) is 6.38. The van der Waals surface area contributed by atoms with E-state index in [2.05, 4.69) is 45.8 Å². The third-order valence-electron chi connectivity index (χ3n) is 3.01. The third kappa shape index (κ3) is 2.95. The molecular weight excluding hydrogens is 310 g/mol.